The Hall–Kier alpha value is -1.91. The molecule has 2 rings (SSSR count). The molecule has 0 aromatic carbocycles. The fraction of sp³-hybridized carbons (Fsp3) is 0.533. The van der Waals surface area contributed by atoms with Crippen LogP contribution in [0.25, 0.3) is 0 Å². The molecule has 2 aromatic rings. The molecule has 0 bridgehead atoms. The van der Waals surface area contributed by atoms with Crippen molar-refractivity contribution >= 4 is 5.82 Å². The quantitative estimate of drug-likeness (QED) is 0.879. The molecule has 2 heterocycles. The first-order valence-corrected chi connectivity index (χ1v) is 7.18. The standard InChI is InChI=1S/C15H23N5/c1-5-6-16-13-9-12(18-15(19-13)11(2)3)10-14-17-7-8-20(14)4/h7-9,11H,5-6,10H2,1-4H3,(H,16,18,19). The molecule has 0 aliphatic carbocycles. The average molecular weight is 273 g/mol. The third-order valence-electron chi connectivity index (χ3n) is 3.13. The van der Waals surface area contributed by atoms with Gasteiger partial charge < -0.3 is 9.88 Å². The third-order valence-corrected chi connectivity index (χ3v) is 3.13. The number of hydrogen-bond acceptors (Lipinski definition) is 4. The lowest BCUT2D eigenvalue weighted by Crippen LogP contribution is -2.09. The van der Waals surface area contributed by atoms with Crippen LogP contribution in [0.15, 0.2) is 18.5 Å². The maximum absolute atomic E-state index is 4.65. The molecule has 0 spiro atoms. The van der Waals surface area contributed by atoms with Gasteiger partial charge in [0.15, 0.2) is 0 Å². The van der Waals surface area contributed by atoms with Crippen molar-refractivity contribution in [1.29, 1.82) is 0 Å². The van der Waals surface area contributed by atoms with Crippen LogP contribution >= 0.6 is 0 Å². The molecule has 0 fully saturated rings. The van der Waals surface area contributed by atoms with Crippen molar-refractivity contribution in [3.05, 3.63) is 35.8 Å². The summed E-state index contributed by atoms with van der Waals surface area (Å²) in [4.78, 5) is 13.6. The number of rotatable bonds is 6. The van der Waals surface area contributed by atoms with Gasteiger partial charge in [0.1, 0.15) is 17.5 Å². The maximum atomic E-state index is 4.65. The largest absolute Gasteiger partial charge is 0.370 e. The highest BCUT2D eigenvalue weighted by Gasteiger charge is 2.10. The Morgan fingerprint density at radius 1 is 1.30 bits per heavy atom. The van der Waals surface area contributed by atoms with Crippen LogP contribution in [-0.2, 0) is 13.5 Å². The lowest BCUT2D eigenvalue weighted by Gasteiger charge is -2.11. The lowest BCUT2D eigenvalue weighted by atomic mass is 10.2. The molecule has 1 N–H and O–H groups in total. The van der Waals surface area contributed by atoms with E-state index in [1.54, 1.807) is 0 Å². The molecule has 0 saturated heterocycles. The minimum Gasteiger partial charge on any atom is -0.370 e. The molecule has 0 unspecified atom stereocenters. The van der Waals surface area contributed by atoms with Gasteiger partial charge in [-0.1, -0.05) is 20.8 Å². The van der Waals surface area contributed by atoms with Gasteiger partial charge in [0, 0.05) is 44.4 Å². The van der Waals surface area contributed by atoms with Crippen LogP contribution in [-0.4, -0.2) is 26.1 Å². The first-order chi connectivity index (χ1) is 9.60. The van der Waals surface area contributed by atoms with E-state index in [2.05, 4.69) is 41.0 Å². The SMILES string of the molecule is CCCNc1cc(Cc2nccn2C)nc(C(C)C)n1. The lowest BCUT2D eigenvalue weighted by molar-refractivity contribution is 0.748. The summed E-state index contributed by atoms with van der Waals surface area (Å²) in [7, 11) is 2.00. The van der Waals surface area contributed by atoms with E-state index in [-0.39, 0.29) is 0 Å². The molecule has 2 aromatic heterocycles. The predicted octanol–water partition coefficient (Wildman–Crippen LogP) is 2.75. The number of imidazole rings is 1. The van der Waals surface area contributed by atoms with Crippen LogP contribution < -0.4 is 5.32 Å². The van der Waals surface area contributed by atoms with Crippen LogP contribution in [0.2, 0.25) is 0 Å². The molecule has 0 aliphatic rings. The van der Waals surface area contributed by atoms with Gasteiger partial charge in [-0.05, 0) is 6.42 Å². The molecule has 20 heavy (non-hydrogen) atoms. The average Bonchev–Trinajstić information content (AvgIpc) is 2.81. The minimum atomic E-state index is 0.318. The van der Waals surface area contributed by atoms with E-state index in [0.29, 0.717) is 5.92 Å². The Morgan fingerprint density at radius 2 is 2.10 bits per heavy atom. The van der Waals surface area contributed by atoms with Crippen LogP contribution in [0, 0.1) is 0 Å². The van der Waals surface area contributed by atoms with Crippen molar-refractivity contribution < 1.29 is 0 Å². The molecule has 0 atom stereocenters. The second kappa shape index (κ2) is 6.50. The van der Waals surface area contributed by atoms with Gasteiger partial charge in [0.2, 0.25) is 0 Å². The number of anilines is 1. The Labute approximate surface area is 120 Å². The molecule has 0 aliphatic heterocycles. The maximum Gasteiger partial charge on any atom is 0.133 e. The first-order valence-electron chi connectivity index (χ1n) is 7.18. The van der Waals surface area contributed by atoms with Crippen LogP contribution in [0.4, 0.5) is 5.82 Å². The summed E-state index contributed by atoms with van der Waals surface area (Å²) < 4.78 is 2.02. The van der Waals surface area contributed by atoms with Gasteiger partial charge in [-0.15, -0.1) is 0 Å². The van der Waals surface area contributed by atoms with Gasteiger partial charge in [-0.25, -0.2) is 15.0 Å². The summed E-state index contributed by atoms with van der Waals surface area (Å²) in [5, 5.41) is 3.35. The van der Waals surface area contributed by atoms with E-state index < -0.39 is 0 Å². The molecule has 0 amide bonds. The molecule has 0 saturated carbocycles. The third kappa shape index (κ3) is 3.56. The minimum absolute atomic E-state index is 0.318. The van der Waals surface area contributed by atoms with Crippen LogP contribution in [0.5, 0.6) is 0 Å². The van der Waals surface area contributed by atoms with E-state index in [4.69, 9.17) is 0 Å². The van der Waals surface area contributed by atoms with Gasteiger partial charge in [0.25, 0.3) is 0 Å². The van der Waals surface area contributed by atoms with Crippen molar-refractivity contribution in [2.24, 2.45) is 7.05 Å². The van der Waals surface area contributed by atoms with Crippen LogP contribution in [0.1, 0.15) is 50.5 Å². The van der Waals surface area contributed by atoms with E-state index in [1.165, 1.54) is 0 Å². The Kier molecular flexibility index (Phi) is 4.71. The summed E-state index contributed by atoms with van der Waals surface area (Å²) in [5.41, 5.74) is 1.01. The highest BCUT2D eigenvalue weighted by atomic mass is 15.1. The molecule has 5 heteroatoms. The monoisotopic (exact) mass is 273 g/mol. The van der Waals surface area contributed by atoms with Crippen molar-refractivity contribution in [2.75, 3.05) is 11.9 Å². The smallest absolute Gasteiger partial charge is 0.133 e. The summed E-state index contributed by atoms with van der Waals surface area (Å²) in [6.07, 6.45) is 5.58. The fourth-order valence-corrected chi connectivity index (χ4v) is 1.94. The van der Waals surface area contributed by atoms with Crippen molar-refractivity contribution in [3.8, 4) is 0 Å². The first kappa shape index (κ1) is 14.5. The molecular weight excluding hydrogens is 250 g/mol. The number of aromatic nitrogens is 4. The molecule has 5 nitrogen and oxygen atoms in total. The molecular formula is C15H23N5. The zero-order valence-corrected chi connectivity index (χ0v) is 12.7. The van der Waals surface area contributed by atoms with E-state index in [9.17, 15) is 0 Å². The van der Waals surface area contributed by atoms with E-state index >= 15 is 0 Å². The normalized spacial score (nSPS) is 11.1. The summed E-state index contributed by atoms with van der Waals surface area (Å²) in [5.74, 6) is 3.13. The van der Waals surface area contributed by atoms with Crippen molar-refractivity contribution in [3.63, 3.8) is 0 Å². The van der Waals surface area contributed by atoms with Gasteiger partial charge in [-0.2, -0.15) is 0 Å². The number of nitrogens with one attached hydrogen (secondary N) is 1. The highest BCUT2D eigenvalue weighted by Crippen LogP contribution is 2.16. The molecule has 0 radical (unpaired) electrons. The van der Waals surface area contributed by atoms with Gasteiger partial charge in [0.05, 0.1) is 5.69 Å². The highest BCUT2D eigenvalue weighted by molar-refractivity contribution is 5.37. The second-order valence-corrected chi connectivity index (χ2v) is 5.32. The fourth-order valence-electron chi connectivity index (χ4n) is 1.94. The molecule has 108 valence electrons. The van der Waals surface area contributed by atoms with E-state index in [1.807, 2.05) is 30.1 Å². The van der Waals surface area contributed by atoms with Crippen LogP contribution in [0.3, 0.4) is 0 Å². The predicted molar refractivity (Wildman–Crippen MR) is 80.9 cm³/mol. The zero-order chi connectivity index (χ0) is 14.5. The second-order valence-electron chi connectivity index (χ2n) is 5.32. The Morgan fingerprint density at radius 3 is 2.70 bits per heavy atom. The summed E-state index contributed by atoms with van der Waals surface area (Å²) >= 11 is 0. The zero-order valence-electron chi connectivity index (χ0n) is 12.7. The van der Waals surface area contributed by atoms with Gasteiger partial charge in [-0.3, -0.25) is 0 Å². The Balaban J connectivity index is 2.26. The Bertz CT molecular complexity index is 559. The van der Waals surface area contributed by atoms with Crippen molar-refractivity contribution in [2.45, 2.75) is 39.5 Å². The topological polar surface area (TPSA) is 55.6 Å². The summed E-state index contributed by atoms with van der Waals surface area (Å²) in [6, 6.07) is 2.02. The summed E-state index contributed by atoms with van der Waals surface area (Å²) in [6.45, 7) is 7.30. The van der Waals surface area contributed by atoms with E-state index in [0.717, 1.165) is 42.5 Å². The number of aryl methyl sites for hydroxylation is 1. The number of nitrogens with zero attached hydrogens (tertiary/aromatic N) is 4. The number of hydrogen-bond donors (Lipinski definition) is 1. The van der Waals surface area contributed by atoms with Crippen molar-refractivity contribution in [1.82, 2.24) is 19.5 Å². The van der Waals surface area contributed by atoms with Gasteiger partial charge >= 0.3 is 0 Å².